The van der Waals surface area contributed by atoms with Gasteiger partial charge in [0, 0.05) is 25.6 Å². The number of imidazole rings is 1. The van der Waals surface area contributed by atoms with E-state index in [1.807, 2.05) is 6.07 Å². The topological polar surface area (TPSA) is 104 Å². The van der Waals surface area contributed by atoms with Gasteiger partial charge in [-0.1, -0.05) is 6.07 Å². The van der Waals surface area contributed by atoms with E-state index in [0.717, 1.165) is 22.4 Å². The Hall–Kier alpha value is -3.16. The highest BCUT2D eigenvalue weighted by Crippen LogP contribution is 2.20. The fraction of sp³-hybridized carbons (Fsp3) is 0.333. The number of H-pyrrole nitrogens is 1. The fourth-order valence-electron chi connectivity index (χ4n) is 3.28. The van der Waals surface area contributed by atoms with Gasteiger partial charge in [0.2, 0.25) is 0 Å². The molecule has 0 atom stereocenters. The predicted octanol–water partition coefficient (Wildman–Crippen LogP) is 1.77. The van der Waals surface area contributed by atoms with Crippen molar-refractivity contribution < 1.29 is 14.7 Å². The molecule has 0 spiro atoms. The van der Waals surface area contributed by atoms with Crippen LogP contribution in [0.4, 0.5) is 0 Å². The van der Waals surface area contributed by atoms with E-state index in [9.17, 15) is 9.59 Å². The van der Waals surface area contributed by atoms with Crippen LogP contribution >= 0.6 is 0 Å². The number of aryl methyl sites for hydroxylation is 2. The van der Waals surface area contributed by atoms with E-state index >= 15 is 0 Å². The maximum absolute atomic E-state index is 12.6. The maximum atomic E-state index is 12.6. The van der Waals surface area contributed by atoms with E-state index < -0.39 is 5.97 Å². The van der Waals surface area contributed by atoms with E-state index in [1.54, 1.807) is 4.90 Å². The van der Waals surface area contributed by atoms with Crippen molar-refractivity contribution in [1.82, 2.24) is 24.6 Å². The Morgan fingerprint density at radius 1 is 1.31 bits per heavy atom. The molecule has 0 radical (unpaired) electrons. The quantitative estimate of drug-likeness (QED) is 0.744. The molecule has 3 heterocycles. The van der Waals surface area contributed by atoms with Gasteiger partial charge in [0.05, 0.1) is 17.6 Å². The van der Waals surface area contributed by atoms with Gasteiger partial charge in [-0.2, -0.15) is 5.10 Å². The molecule has 1 aliphatic rings. The lowest BCUT2D eigenvalue weighted by atomic mass is 10.1. The fourth-order valence-corrected chi connectivity index (χ4v) is 3.28. The lowest BCUT2D eigenvalue weighted by Crippen LogP contribution is -2.41. The third-order valence-corrected chi connectivity index (χ3v) is 4.93. The van der Waals surface area contributed by atoms with Crippen LogP contribution in [0.3, 0.4) is 0 Å². The van der Waals surface area contributed by atoms with E-state index in [1.165, 1.54) is 16.3 Å². The molecular weight excluding hydrogens is 334 g/mol. The van der Waals surface area contributed by atoms with Crippen LogP contribution in [-0.4, -0.2) is 54.7 Å². The highest BCUT2D eigenvalue weighted by molar-refractivity contribution is 5.96. The summed E-state index contributed by atoms with van der Waals surface area (Å²) in [5, 5.41) is 13.0. The van der Waals surface area contributed by atoms with E-state index in [-0.39, 0.29) is 11.6 Å². The van der Waals surface area contributed by atoms with Gasteiger partial charge in [-0.25, -0.2) is 9.78 Å². The summed E-state index contributed by atoms with van der Waals surface area (Å²) in [6.07, 6.45) is 0.610. The first-order valence-electron chi connectivity index (χ1n) is 8.49. The van der Waals surface area contributed by atoms with Crippen LogP contribution < -0.4 is 0 Å². The van der Waals surface area contributed by atoms with Gasteiger partial charge in [0.15, 0.2) is 5.69 Å². The second kappa shape index (κ2) is 5.98. The van der Waals surface area contributed by atoms with Crippen LogP contribution in [-0.2, 0) is 13.0 Å². The molecule has 0 fully saturated rings. The van der Waals surface area contributed by atoms with Crippen LogP contribution in [0.1, 0.15) is 37.9 Å². The summed E-state index contributed by atoms with van der Waals surface area (Å²) in [5.41, 5.74) is 4.54. The molecule has 134 valence electrons. The Bertz CT molecular complexity index is 1030. The number of carbonyl (C=O) groups is 2. The van der Waals surface area contributed by atoms with Crippen molar-refractivity contribution in [1.29, 1.82) is 0 Å². The van der Waals surface area contributed by atoms with Crippen LogP contribution in [0.5, 0.6) is 0 Å². The Labute approximate surface area is 149 Å². The molecule has 1 amide bonds. The average Bonchev–Trinajstić information content (AvgIpc) is 3.22. The first kappa shape index (κ1) is 16.3. The summed E-state index contributed by atoms with van der Waals surface area (Å²) in [6, 6.07) is 5.42. The molecule has 0 aliphatic carbocycles. The monoisotopic (exact) mass is 353 g/mol. The zero-order valence-corrected chi connectivity index (χ0v) is 14.6. The van der Waals surface area contributed by atoms with Crippen LogP contribution in [0.2, 0.25) is 0 Å². The summed E-state index contributed by atoms with van der Waals surface area (Å²) in [6.45, 7) is 5.63. The minimum Gasteiger partial charge on any atom is -0.476 e. The molecule has 4 rings (SSSR count). The van der Waals surface area contributed by atoms with Crippen LogP contribution in [0, 0.1) is 13.8 Å². The minimum absolute atomic E-state index is 0.0988. The van der Waals surface area contributed by atoms with Crippen molar-refractivity contribution in [2.24, 2.45) is 0 Å². The number of rotatable bonds is 4. The summed E-state index contributed by atoms with van der Waals surface area (Å²) in [4.78, 5) is 33.3. The van der Waals surface area contributed by atoms with Crippen LogP contribution in [0.25, 0.3) is 11.0 Å². The number of benzene rings is 1. The largest absolute Gasteiger partial charge is 0.476 e. The first-order valence-corrected chi connectivity index (χ1v) is 8.49. The Kier molecular flexibility index (Phi) is 3.75. The highest BCUT2D eigenvalue weighted by atomic mass is 16.4. The number of hydrogen-bond acceptors (Lipinski definition) is 4. The second-order valence-electron chi connectivity index (χ2n) is 6.57. The second-order valence-corrected chi connectivity index (χ2v) is 6.57. The summed E-state index contributed by atoms with van der Waals surface area (Å²) in [7, 11) is 0. The summed E-state index contributed by atoms with van der Waals surface area (Å²) >= 11 is 0. The van der Waals surface area contributed by atoms with Gasteiger partial charge >= 0.3 is 5.97 Å². The third kappa shape index (κ3) is 2.63. The SMILES string of the molecule is Cc1ccc2[nH]c(CCN3CCn4nc(C(=O)O)cc4C3=O)nc2c1C. The number of carboxylic acid groups (broad SMARTS) is 1. The molecular formula is C18H19N5O3. The number of nitrogens with zero attached hydrogens (tertiary/aromatic N) is 4. The van der Waals surface area contributed by atoms with Gasteiger partial charge in [-0.3, -0.25) is 9.48 Å². The van der Waals surface area contributed by atoms with Gasteiger partial charge in [0.1, 0.15) is 11.5 Å². The van der Waals surface area contributed by atoms with Gasteiger partial charge in [0.25, 0.3) is 5.91 Å². The lowest BCUT2D eigenvalue weighted by molar-refractivity contribution is 0.0678. The average molecular weight is 353 g/mol. The van der Waals surface area contributed by atoms with Gasteiger partial charge in [-0.15, -0.1) is 0 Å². The number of aromatic carboxylic acids is 1. The molecule has 1 aromatic carbocycles. The molecule has 8 nitrogen and oxygen atoms in total. The molecule has 1 aliphatic heterocycles. The molecule has 0 unspecified atom stereocenters. The van der Waals surface area contributed by atoms with Crippen molar-refractivity contribution in [3.8, 4) is 0 Å². The number of aromatic amines is 1. The number of carboxylic acids is 1. The van der Waals surface area contributed by atoms with E-state index in [2.05, 4.69) is 35.0 Å². The van der Waals surface area contributed by atoms with E-state index in [4.69, 9.17) is 5.11 Å². The number of nitrogens with one attached hydrogen (secondary N) is 1. The molecule has 2 aromatic heterocycles. The zero-order valence-electron chi connectivity index (χ0n) is 14.6. The summed E-state index contributed by atoms with van der Waals surface area (Å²) in [5.74, 6) is -0.481. The Morgan fingerprint density at radius 3 is 2.88 bits per heavy atom. The molecule has 3 aromatic rings. The number of carbonyl (C=O) groups excluding carboxylic acids is 1. The molecule has 2 N–H and O–H groups in total. The molecule has 0 saturated carbocycles. The number of hydrogen-bond donors (Lipinski definition) is 2. The van der Waals surface area contributed by atoms with Crippen molar-refractivity contribution in [2.45, 2.75) is 26.8 Å². The van der Waals surface area contributed by atoms with Gasteiger partial charge in [-0.05, 0) is 31.0 Å². The minimum atomic E-state index is -1.13. The normalized spacial score (nSPS) is 14.1. The molecule has 0 saturated heterocycles. The van der Waals surface area contributed by atoms with Crippen molar-refractivity contribution in [2.75, 3.05) is 13.1 Å². The lowest BCUT2D eigenvalue weighted by Gasteiger charge is -2.27. The summed E-state index contributed by atoms with van der Waals surface area (Å²) < 4.78 is 1.47. The number of amides is 1. The van der Waals surface area contributed by atoms with Crippen molar-refractivity contribution >= 4 is 22.9 Å². The Balaban J connectivity index is 1.51. The van der Waals surface area contributed by atoms with Crippen molar-refractivity contribution in [3.63, 3.8) is 0 Å². The molecule has 8 heteroatoms. The predicted molar refractivity (Wildman–Crippen MR) is 94.4 cm³/mol. The van der Waals surface area contributed by atoms with E-state index in [0.29, 0.717) is 31.7 Å². The standard InChI is InChI=1S/C18H19N5O3/c1-10-3-4-12-16(11(10)2)20-15(19-12)5-6-22-7-8-23-14(17(22)24)9-13(21-23)18(25)26/h3-4,9H,5-8H2,1-2H3,(H,19,20)(H,25,26). The third-order valence-electron chi connectivity index (χ3n) is 4.93. The van der Waals surface area contributed by atoms with Gasteiger partial charge < -0.3 is 15.0 Å². The van der Waals surface area contributed by atoms with Crippen LogP contribution in [0.15, 0.2) is 18.2 Å². The highest BCUT2D eigenvalue weighted by Gasteiger charge is 2.27. The smallest absolute Gasteiger partial charge is 0.356 e. The number of aromatic nitrogens is 4. The van der Waals surface area contributed by atoms with Crippen molar-refractivity contribution in [3.05, 3.63) is 46.5 Å². The first-order chi connectivity index (χ1) is 12.4. The number of fused-ring (bicyclic) bond motifs is 2. The zero-order chi connectivity index (χ0) is 18.4. The maximum Gasteiger partial charge on any atom is 0.356 e. The Morgan fingerprint density at radius 2 is 2.12 bits per heavy atom. The molecule has 26 heavy (non-hydrogen) atoms. The molecule has 0 bridgehead atoms.